The third kappa shape index (κ3) is 4.55. The molecule has 0 saturated carbocycles. The quantitative estimate of drug-likeness (QED) is 0.647. The Labute approximate surface area is 158 Å². The third-order valence-corrected chi connectivity index (χ3v) is 5.59. The van der Waals surface area contributed by atoms with Crippen molar-refractivity contribution in [3.63, 3.8) is 0 Å². The van der Waals surface area contributed by atoms with Gasteiger partial charge in [-0.1, -0.05) is 12.1 Å². The van der Waals surface area contributed by atoms with Crippen molar-refractivity contribution in [3.05, 3.63) is 76.2 Å². The Morgan fingerprint density at radius 2 is 1.92 bits per heavy atom. The molecular formula is C21H24N2O2S. The lowest BCUT2D eigenvalue weighted by Gasteiger charge is -2.19. The van der Waals surface area contributed by atoms with Crippen LogP contribution < -0.4 is 10.1 Å². The molecule has 136 valence electrons. The van der Waals surface area contributed by atoms with Gasteiger partial charge >= 0.3 is 0 Å². The van der Waals surface area contributed by atoms with Crippen LogP contribution in [0.1, 0.15) is 28.5 Å². The zero-order valence-electron chi connectivity index (χ0n) is 15.1. The van der Waals surface area contributed by atoms with E-state index in [1.807, 2.05) is 48.8 Å². The van der Waals surface area contributed by atoms with E-state index in [1.54, 1.807) is 18.4 Å². The maximum absolute atomic E-state index is 12.5. The van der Waals surface area contributed by atoms with E-state index in [9.17, 15) is 4.79 Å². The van der Waals surface area contributed by atoms with Gasteiger partial charge in [0.2, 0.25) is 5.91 Å². The number of benzene rings is 1. The Balaban J connectivity index is 1.63. The Hall–Kier alpha value is -2.53. The fourth-order valence-corrected chi connectivity index (χ4v) is 3.91. The minimum Gasteiger partial charge on any atom is -0.497 e. The number of rotatable bonds is 8. The molecule has 0 aliphatic rings. The number of carbonyl (C=O) groups is 1. The van der Waals surface area contributed by atoms with Crippen molar-refractivity contribution in [1.29, 1.82) is 0 Å². The van der Waals surface area contributed by atoms with E-state index in [0.717, 1.165) is 17.7 Å². The van der Waals surface area contributed by atoms with Gasteiger partial charge in [-0.2, -0.15) is 0 Å². The number of ether oxygens (including phenoxy) is 1. The summed E-state index contributed by atoms with van der Waals surface area (Å²) in [5.74, 6) is 0.879. The van der Waals surface area contributed by atoms with Gasteiger partial charge in [0.05, 0.1) is 19.6 Å². The first-order valence-corrected chi connectivity index (χ1v) is 9.61. The minimum atomic E-state index is -0.0284. The fourth-order valence-electron chi connectivity index (χ4n) is 3.00. The van der Waals surface area contributed by atoms with Gasteiger partial charge in [0.1, 0.15) is 5.75 Å². The number of hydrogen-bond acceptors (Lipinski definition) is 3. The van der Waals surface area contributed by atoms with Crippen LogP contribution in [0.5, 0.6) is 5.75 Å². The van der Waals surface area contributed by atoms with E-state index < -0.39 is 0 Å². The van der Waals surface area contributed by atoms with E-state index in [-0.39, 0.29) is 11.9 Å². The maximum atomic E-state index is 12.5. The number of hydrogen-bond donors (Lipinski definition) is 1. The SMILES string of the molecule is COc1ccc(C(CC(=O)NCCc2sccc2C)n2cccc2)cc1. The van der Waals surface area contributed by atoms with Gasteiger partial charge in [-0.25, -0.2) is 0 Å². The van der Waals surface area contributed by atoms with Crippen molar-refractivity contribution in [2.75, 3.05) is 13.7 Å². The highest BCUT2D eigenvalue weighted by Gasteiger charge is 2.17. The second-order valence-electron chi connectivity index (χ2n) is 6.25. The highest BCUT2D eigenvalue weighted by atomic mass is 32.1. The first-order chi connectivity index (χ1) is 12.7. The van der Waals surface area contributed by atoms with E-state index in [2.05, 4.69) is 28.3 Å². The first kappa shape index (κ1) is 18.3. The molecule has 26 heavy (non-hydrogen) atoms. The van der Waals surface area contributed by atoms with Crippen molar-refractivity contribution >= 4 is 17.2 Å². The molecule has 4 nitrogen and oxygen atoms in total. The molecule has 2 aromatic heterocycles. The molecule has 5 heteroatoms. The zero-order chi connectivity index (χ0) is 18.4. The van der Waals surface area contributed by atoms with Crippen molar-refractivity contribution in [1.82, 2.24) is 9.88 Å². The van der Waals surface area contributed by atoms with Gasteiger partial charge in [-0.15, -0.1) is 11.3 Å². The molecular weight excluding hydrogens is 344 g/mol. The van der Waals surface area contributed by atoms with E-state index in [1.165, 1.54) is 10.4 Å². The molecule has 2 heterocycles. The topological polar surface area (TPSA) is 43.3 Å². The van der Waals surface area contributed by atoms with Gasteiger partial charge in [0.15, 0.2) is 0 Å². The normalized spacial score (nSPS) is 11.9. The molecule has 3 rings (SSSR count). The van der Waals surface area contributed by atoms with Crippen LogP contribution in [-0.2, 0) is 11.2 Å². The van der Waals surface area contributed by atoms with Gasteiger partial charge in [0, 0.05) is 23.8 Å². The number of carbonyl (C=O) groups excluding carboxylic acids is 1. The van der Waals surface area contributed by atoms with Crippen LogP contribution in [0.15, 0.2) is 60.2 Å². The van der Waals surface area contributed by atoms with Crippen LogP contribution in [0.4, 0.5) is 0 Å². The highest BCUT2D eigenvalue weighted by molar-refractivity contribution is 7.10. The van der Waals surface area contributed by atoms with Crippen molar-refractivity contribution in [3.8, 4) is 5.75 Å². The summed E-state index contributed by atoms with van der Waals surface area (Å²) in [6.07, 6.45) is 5.28. The van der Waals surface area contributed by atoms with Crippen molar-refractivity contribution < 1.29 is 9.53 Å². The molecule has 1 N–H and O–H groups in total. The van der Waals surface area contributed by atoms with Gasteiger partial charge < -0.3 is 14.6 Å². The van der Waals surface area contributed by atoms with E-state index in [4.69, 9.17) is 4.74 Å². The summed E-state index contributed by atoms with van der Waals surface area (Å²) in [7, 11) is 1.65. The van der Waals surface area contributed by atoms with Gasteiger partial charge in [-0.05, 0) is 60.2 Å². The van der Waals surface area contributed by atoms with Crippen LogP contribution in [0, 0.1) is 6.92 Å². The van der Waals surface area contributed by atoms with Crippen molar-refractivity contribution in [2.24, 2.45) is 0 Å². The predicted octanol–water partition coefficient (Wildman–Crippen LogP) is 4.21. The monoisotopic (exact) mass is 368 g/mol. The second kappa shape index (κ2) is 8.72. The molecule has 0 bridgehead atoms. The summed E-state index contributed by atoms with van der Waals surface area (Å²) in [6.45, 7) is 2.78. The Kier molecular flexibility index (Phi) is 6.12. The minimum absolute atomic E-state index is 0.0284. The second-order valence-corrected chi connectivity index (χ2v) is 7.25. The van der Waals surface area contributed by atoms with Crippen LogP contribution in [0.25, 0.3) is 0 Å². The number of aryl methyl sites for hydroxylation is 1. The molecule has 0 spiro atoms. The van der Waals surface area contributed by atoms with Crippen molar-refractivity contribution in [2.45, 2.75) is 25.8 Å². The average Bonchev–Trinajstić information content (AvgIpc) is 3.32. The number of nitrogens with one attached hydrogen (secondary N) is 1. The molecule has 1 aromatic carbocycles. The van der Waals surface area contributed by atoms with E-state index >= 15 is 0 Å². The van der Waals surface area contributed by atoms with Crippen LogP contribution in [-0.4, -0.2) is 24.1 Å². The Bertz CT molecular complexity index is 822. The number of nitrogens with zero attached hydrogens (tertiary/aromatic N) is 1. The van der Waals surface area contributed by atoms with Crippen LogP contribution in [0.3, 0.4) is 0 Å². The summed E-state index contributed by atoms with van der Waals surface area (Å²) in [6, 6.07) is 14.0. The largest absolute Gasteiger partial charge is 0.497 e. The lowest BCUT2D eigenvalue weighted by molar-refractivity contribution is -0.121. The van der Waals surface area contributed by atoms with Gasteiger partial charge in [-0.3, -0.25) is 4.79 Å². The number of thiophene rings is 1. The van der Waals surface area contributed by atoms with Crippen LogP contribution >= 0.6 is 11.3 Å². The molecule has 0 aliphatic heterocycles. The third-order valence-electron chi connectivity index (χ3n) is 4.51. The average molecular weight is 369 g/mol. The summed E-state index contributed by atoms with van der Waals surface area (Å²) < 4.78 is 7.31. The first-order valence-electron chi connectivity index (χ1n) is 8.73. The lowest BCUT2D eigenvalue weighted by Crippen LogP contribution is -2.28. The molecule has 0 saturated heterocycles. The molecule has 1 amide bonds. The Morgan fingerprint density at radius 1 is 1.19 bits per heavy atom. The molecule has 3 aromatic rings. The molecule has 0 aliphatic carbocycles. The summed E-state index contributed by atoms with van der Waals surface area (Å²) in [5.41, 5.74) is 2.39. The number of methoxy groups -OCH3 is 1. The number of amides is 1. The Morgan fingerprint density at radius 3 is 2.54 bits per heavy atom. The number of aromatic nitrogens is 1. The highest BCUT2D eigenvalue weighted by Crippen LogP contribution is 2.24. The summed E-state index contributed by atoms with van der Waals surface area (Å²) in [4.78, 5) is 13.8. The standard InChI is InChI=1S/C21H24N2O2S/c1-16-10-14-26-20(16)9-11-22-21(24)15-19(23-12-3-4-13-23)17-5-7-18(25-2)8-6-17/h3-8,10,12-14,19H,9,11,15H2,1-2H3,(H,22,24). The summed E-state index contributed by atoms with van der Waals surface area (Å²) >= 11 is 1.75. The van der Waals surface area contributed by atoms with Gasteiger partial charge in [0.25, 0.3) is 0 Å². The fraction of sp³-hybridized carbons (Fsp3) is 0.286. The molecule has 1 unspecified atom stereocenters. The van der Waals surface area contributed by atoms with Crippen LogP contribution in [0.2, 0.25) is 0 Å². The lowest BCUT2D eigenvalue weighted by atomic mass is 10.0. The van der Waals surface area contributed by atoms with E-state index in [0.29, 0.717) is 13.0 Å². The molecule has 0 fully saturated rings. The summed E-state index contributed by atoms with van der Waals surface area (Å²) in [5, 5.41) is 5.16. The molecule has 0 radical (unpaired) electrons. The molecule has 1 atom stereocenters. The zero-order valence-corrected chi connectivity index (χ0v) is 16.0. The predicted molar refractivity (Wildman–Crippen MR) is 106 cm³/mol. The maximum Gasteiger partial charge on any atom is 0.222 e. The smallest absolute Gasteiger partial charge is 0.222 e.